The molecule has 1 N–H and O–H groups in total. The van der Waals surface area contributed by atoms with Gasteiger partial charge in [-0.1, -0.05) is 5.16 Å². The number of amides is 1. The Balaban J connectivity index is 2.59. The van der Waals surface area contributed by atoms with Gasteiger partial charge in [0.05, 0.1) is 13.1 Å². The number of ether oxygens (including phenoxy) is 1. The number of oxime groups is 1. The molecule has 1 amide bonds. The highest BCUT2D eigenvalue weighted by Gasteiger charge is 2.33. The van der Waals surface area contributed by atoms with E-state index in [1.54, 1.807) is 20.8 Å². The molecule has 0 aromatic rings. The molecule has 0 unspecified atom stereocenters. The Bertz CT molecular complexity index is 296. The fourth-order valence-corrected chi connectivity index (χ4v) is 1.35. The number of nitrogens with zero attached hydrogens (tertiary/aromatic N) is 2. The van der Waals surface area contributed by atoms with E-state index in [0.29, 0.717) is 5.71 Å². The van der Waals surface area contributed by atoms with Crippen LogP contribution in [0.3, 0.4) is 0 Å². The Labute approximate surface area is 94.8 Å². The molecule has 1 aliphatic heterocycles. The van der Waals surface area contributed by atoms with Crippen molar-refractivity contribution in [2.45, 2.75) is 32.5 Å². The lowest BCUT2D eigenvalue weighted by Crippen LogP contribution is -2.35. The van der Waals surface area contributed by atoms with E-state index in [2.05, 4.69) is 9.99 Å². The standard InChI is InChI=1S/C10H18N2O4/c1-10(2,3)16-9(14)12-5-7(11-15-4)8(13)6-12/h8,13H,5-6H2,1-4H3/t8-/m0/s1. The zero-order valence-corrected chi connectivity index (χ0v) is 10.1. The topological polar surface area (TPSA) is 71.4 Å². The molecule has 1 heterocycles. The highest BCUT2D eigenvalue weighted by atomic mass is 16.6. The third kappa shape index (κ3) is 3.37. The number of likely N-dealkylation sites (tertiary alicyclic amines) is 1. The van der Waals surface area contributed by atoms with Crippen LogP contribution in [-0.4, -0.2) is 53.7 Å². The Hall–Kier alpha value is -1.30. The summed E-state index contributed by atoms with van der Waals surface area (Å²) in [5.74, 6) is 0. The number of hydrogen-bond acceptors (Lipinski definition) is 5. The Morgan fingerprint density at radius 3 is 2.69 bits per heavy atom. The van der Waals surface area contributed by atoms with Gasteiger partial charge in [-0.3, -0.25) is 4.90 Å². The molecule has 92 valence electrons. The summed E-state index contributed by atoms with van der Waals surface area (Å²) < 4.78 is 5.18. The van der Waals surface area contributed by atoms with Gasteiger partial charge >= 0.3 is 6.09 Å². The molecule has 1 saturated heterocycles. The molecule has 16 heavy (non-hydrogen) atoms. The van der Waals surface area contributed by atoms with E-state index in [1.807, 2.05) is 0 Å². The van der Waals surface area contributed by atoms with Gasteiger partial charge in [-0.15, -0.1) is 0 Å². The Morgan fingerprint density at radius 2 is 2.19 bits per heavy atom. The fourth-order valence-electron chi connectivity index (χ4n) is 1.35. The van der Waals surface area contributed by atoms with E-state index in [9.17, 15) is 9.90 Å². The molecular weight excluding hydrogens is 212 g/mol. The van der Waals surface area contributed by atoms with Crippen LogP contribution >= 0.6 is 0 Å². The number of aliphatic hydroxyl groups excluding tert-OH is 1. The molecule has 1 atom stereocenters. The highest BCUT2D eigenvalue weighted by molar-refractivity contribution is 5.95. The highest BCUT2D eigenvalue weighted by Crippen LogP contribution is 2.14. The van der Waals surface area contributed by atoms with Gasteiger partial charge in [0.15, 0.2) is 0 Å². The second-order valence-electron chi connectivity index (χ2n) is 4.64. The van der Waals surface area contributed by atoms with Gasteiger partial charge in [-0.2, -0.15) is 0 Å². The monoisotopic (exact) mass is 230 g/mol. The van der Waals surface area contributed by atoms with Crippen molar-refractivity contribution in [1.29, 1.82) is 0 Å². The smallest absolute Gasteiger partial charge is 0.410 e. The van der Waals surface area contributed by atoms with Crippen molar-refractivity contribution in [3.05, 3.63) is 0 Å². The second-order valence-corrected chi connectivity index (χ2v) is 4.64. The van der Waals surface area contributed by atoms with Gasteiger partial charge in [0.1, 0.15) is 24.5 Å². The van der Waals surface area contributed by atoms with Gasteiger partial charge in [0.25, 0.3) is 0 Å². The van der Waals surface area contributed by atoms with Gasteiger partial charge in [0, 0.05) is 0 Å². The molecule has 6 heteroatoms. The lowest BCUT2D eigenvalue weighted by atomic mass is 10.2. The molecule has 1 fully saturated rings. The van der Waals surface area contributed by atoms with Crippen molar-refractivity contribution in [1.82, 2.24) is 4.90 Å². The zero-order chi connectivity index (χ0) is 12.3. The number of carbonyl (C=O) groups excluding carboxylic acids is 1. The molecule has 0 aliphatic carbocycles. The molecule has 0 bridgehead atoms. The first-order valence-electron chi connectivity index (χ1n) is 5.09. The lowest BCUT2D eigenvalue weighted by molar-refractivity contribution is 0.0270. The number of rotatable bonds is 1. The van der Waals surface area contributed by atoms with Crippen LogP contribution in [0.15, 0.2) is 5.16 Å². The van der Waals surface area contributed by atoms with Gasteiger partial charge in [-0.05, 0) is 20.8 Å². The van der Waals surface area contributed by atoms with Gasteiger partial charge < -0.3 is 14.7 Å². The maximum atomic E-state index is 11.7. The van der Waals surface area contributed by atoms with Crippen LogP contribution in [-0.2, 0) is 9.57 Å². The minimum atomic E-state index is -0.771. The summed E-state index contributed by atoms with van der Waals surface area (Å²) >= 11 is 0. The summed E-state index contributed by atoms with van der Waals surface area (Å²) in [5, 5.41) is 13.2. The first-order chi connectivity index (χ1) is 7.33. The van der Waals surface area contributed by atoms with E-state index in [0.717, 1.165) is 0 Å². The largest absolute Gasteiger partial charge is 0.444 e. The quantitative estimate of drug-likeness (QED) is 0.670. The number of β-amino-alcohol motifs (C(OH)–C–C–N with tert-alkyl or cyclic N) is 1. The molecule has 1 aliphatic rings. The molecule has 0 aromatic heterocycles. The fraction of sp³-hybridized carbons (Fsp3) is 0.800. The first-order valence-corrected chi connectivity index (χ1v) is 5.09. The van der Waals surface area contributed by atoms with Gasteiger partial charge in [-0.25, -0.2) is 4.79 Å². The third-order valence-corrected chi connectivity index (χ3v) is 1.99. The summed E-state index contributed by atoms with van der Waals surface area (Å²) in [5.41, 5.74) is -0.100. The van der Waals surface area contributed by atoms with Crippen LogP contribution in [0.4, 0.5) is 4.79 Å². The first kappa shape index (κ1) is 12.8. The van der Waals surface area contributed by atoms with Crippen LogP contribution in [0.5, 0.6) is 0 Å². The molecule has 0 spiro atoms. The van der Waals surface area contributed by atoms with Crippen LogP contribution in [0.2, 0.25) is 0 Å². The summed E-state index contributed by atoms with van der Waals surface area (Å²) in [4.78, 5) is 17.6. The number of aliphatic hydroxyl groups is 1. The molecular formula is C10H18N2O4. The predicted molar refractivity (Wildman–Crippen MR) is 58.3 cm³/mol. The predicted octanol–water partition coefficient (Wildman–Crippen LogP) is 0.600. The minimum absolute atomic E-state index is 0.192. The summed E-state index contributed by atoms with van der Waals surface area (Å²) in [6.07, 6.45) is -1.22. The van der Waals surface area contributed by atoms with Crippen LogP contribution in [0.1, 0.15) is 20.8 Å². The van der Waals surface area contributed by atoms with Crippen molar-refractivity contribution < 1.29 is 19.5 Å². The van der Waals surface area contributed by atoms with E-state index >= 15 is 0 Å². The maximum absolute atomic E-state index is 11.7. The van der Waals surface area contributed by atoms with Crippen molar-refractivity contribution in [3.63, 3.8) is 0 Å². The van der Waals surface area contributed by atoms with E-state index < -0.39 is 17.8 Å². The average Bonchev–Trinajstić information content (AvgIpc) is 2.46. The summed E-state index contributed by atoms with van der Waals surface area (Å²) in [6.45, 7) is 5.81. The van der Waals surface area contributed by atoms with Crippen molar-refractivity contribution in [2.75, 3.05) is 20.2 Å². The normalized spacial score (nSPS) is 23.7. The van der Waals surface area contributed by atoms with E-state index in [-0.39, 0.29) is 13.1 Å². The van der Waals surface area contributed by atoms with E-state index in [1.165, 1.54) is 12.0 Å². The van der Waals surface area contributed by atoms with Crippen molar-refractivity contribution in [3.8, 4) is 0 Å². The average molecular weight is 230 g/mol. The van der Waals surface area contributed by atoms with Crippen molar-refractivity contribution in [2.24, 2.45) is 5.16 Å². The summed E-state index contributed by atoms with van der Waals surface area (Å²) in [6, 6.07) is 0. The second kappa shape index (κ2) is 4.69. The Morgan fingerprint density at radius 1 is 1.56 bits per heavy atom. The van der Waals surface area contributed by atoms with Crippen molar-refractivity contribution >= 4 is 11.8 Å². The van der Waals surface area contributed by atoms with Crippen LogP contribution < -0.4 is 0 Å². The lowest BCUT2D eigenvalue weighted by Gasteiger charge is -2.23. The maximum Gasteiger partial charge on any atom is 0.410 e. The SMILES string of the molecule is CON=C1CN(C(=O)OC(C)(C)C)C[C@@H]1O. The Kier molecular flexibility index (Phi) is 3.74. The number of carbonyl (C=O) groups is 1. The van der Waals surface area contributed by atoms with Crippen LogP contribution in [0.25, 0.3) is 0 Å². The molecule has 0 radical (unpaired) electrons. The molecule has 0 aromatic carbocycles. The zero-order valence-electron chi connectivity index (χ0n) is 10.1. The van der Waals surface area contributed by atoms with Crippen LogP contribution in [0, 0.1) is 0 Å². The summed E-state index contributed by atoms with van der Waals surface area (Å²) in [7, 11) is 1.40. The molecule has 0 saturated carbocycles. The molecule has 6 nitrogen and oxygen atoms in total. The van der Waals surface area contributed by atoms with Gasteiger partial charge in [0.2, 0.25) is 0 Å². The molecule has 1 rings (SSSR count). The van der Waals surface area contributed by atoms with E-state index in [4.69, 9.17) is 4.74 Å². The third-order valence-electron chi connectivity index (χ3n) is 1.99. The minimum Gasteiger partial charge on any atom is -0.444 e. The number of hydrogen-bond donors (Lipinski definition) is 1.